The Morgan fingerprint density at radius 3 is 2.79 bits per heavy atom. The summed E-state index contributed by atoms with van der Waals surface area (Å²) in [5, 5.41) is 2.32. The molecule has 0 radical (unpaired) electrons. The van der Waals surface area contributed by atoms with Crippen LogP contribution in [0.2, 0.25) is 0 Å². The van der Waals surface area contributed by atoms with Crippen LogP contribution < -0.4 is 16.6 Å². The highest BCUT2D eigenvalue weighted by molar-refractivity contribution is 5.91. The molecule has 6 nitrogen and oxygen atoms in total. The van der Waals surface area contributed by atoms with Gasteiger partial charge >= 0.3 is 0 Å². The lowest BCUT2D eigenvalue weighted by atomic mass is 10.4. The Morgan fingerprint density at radius 2 is 2.29 bits per heavy atom. The molecule has 1 aromatic rings. The molecule has 1 heterocycles. The zero-order chi connectivity index (χ0) is 10.4. The number of rotatable bonds is 4. The summed E-state index contributed by atoms with van der Waals surface area (Å²) in [6.45, 7) is -0.640. The highest BCUT2D eigenvalue weighted by Gasteiger charge is 2.06. The summed E-state index contributed by atoms with van der Waals surface area (Å²) in [5.74, 6) is 4.95. The Labute approximate surface area is 79.7 Å². The zero-order valence-electron chi connectivity index (χ0n) is 7.33. The first-order chi connectivity index (χ1) is 6.77. The lowest BCUT2D eigenvalue weighted by Gasteiger charge is -2.02. The molecule has 1 aromatic heterocycles. The van der Waals surface area contributed by atoms with Crippen LogP contribution in [0, 0.1) is 0 Å². The molecule has 0 aliphatic carbocycles. The molecule has 0 fully saturated rings. The number of amides is 1. The van der Waals surface area contributed by atoms with Gasteiger partial charge in [-0.05, 0) is 0 Å². The second-order valence-corrected chi connectivity index (χ2v) is 2.38. The molecule has 0 aliphatic heterocycles. The molecule has 0 saturated carbocycles. The van der Waals surface area contributed by atoms with Gasteiger partial charge in [0, 0.05) is 6.54 Å². The maximum absolute atomic E-state index is 11.7. The Morgan fingerprint density at radius 1 is 1.50 bits per heavy atom. The van der Waals surface area contributed by atoms with E-state index in [0.29, 0.717) is 5.82 Å². The number of halogens is 1. The summed E-state index contributed by atoms with van der Waals surface area (Å²) >= 11 is 0. The number of hydrogen-bond acceptors (Lipinski definition) is 5. The quantitative estimate of drug-likeness (QED) is 0.447. The van der Waals surface area contributed by atoms with Crippen LogP contribution >= 0.6 is 0 Å². The Kier molecular flexibility index (Phi) is 3.74. The zero-order valence-corrected chi connectivity index (χ0v) is 7.33. The van der Waals surface area contributed by atoms with Gasteiger partial charge in [0.05, 0.1) is 12.4 Å². The Hall–Kier alpha value is -1.76. The summed E-state index contributed by atoms with van der Waals surface area (Å²) in [5.41, 5.74) is 2.39. The minimum absolute atomic E-state index is 0.0304. The first-order valence-electron chi connectivity index (χ1n) is 3.90. The first kappa shape index (κ1) is 10.3. The van der Waals surface area contributed by atoms with E-state index in [1.54, 1.807) is 0 Å². The molecule has 0 unspecified atom stereocenters. The van der Waals surface area contributed by atoms with E-state index in [0.717, 1.165) is 0 Å². The van der Waals surface area contributed by atoms with E-state index < -0.39 is 12.6 Å². The number of anilines is 1. The number of carbonyl (C=O) groups excluding carboxylic acids is 1. The van der Waals surface area contributed by atoms with Crippen molar-refractivity contribution >= 4 is 11.7 Å². The minimum Gasteiger partial charge on any atom is -0.348 e. The summed E-state index contributed by atoms with van der Waals surface area (Å²) in [7, 11) is 0. The molecule has 0 spiro atoms. The molecule has 0 aromatic carbocycles. The highest BCUT2D eigenvalue weighted by atomic mass is 19.1. The number of nitrogens with two attached hydrogens (primary N) is 1. The normalized spacial score (nSPS) is 9.57. The van der Waals surface area contributed by atoms with Crippen LogP contribution in [0.4, 0.5) is 10.2 Å². The molecule has 1 rings (SSSR count). The van der Waals surface area contributed by atoms with Gasteiger partial charge in [-0.1, -0.05) is 0 Å². The van der Waals surface area contributed by atoms with Gasteiger partial charge in [0.1, 0.15) is 12.4 Å². The maximum atomic E-state index is 11.7. The van der Waals surface area contributed by atoms with Crippen molar-refractivity contribution in [1.82, 2.24) is 15.3 Å². The van der Waals surface area contributed by atoms with Gasteiger partial charge in [-0.25, -0.2) is 20.2 Å². The molecule has 76 valence electrons. The first-order valence-corrected chi connectivity index (χ1v) is 3.90. The molecule has 0 atom stereocenters. The fourth-order valence-electron chi connectivity index (χ4n) is 0.771. The lowest BCUT2D eigenvalue weighted by molar-refractivity contribution is 0.0945. The molecule has 1 amide bonds. The number of aromatic nitrogens is 2. The fraction of sp³-hybridized carbons (Fsp3) is 0.286. The number of nitrogens with one attached hydrogen (secondary N) is 2. The van der Waals surface area contributed by atoms with Gasteiger partial charge in [0.15, 0.2) is 5.82 Å². The van der Waals surface area contributed by atoms with Crippen molar-refractivity contribution in [3.05, 3.63) is 18.1 Å². The fourth-order valence-corrected chi connectivity index (χ4v) is 0.771. The smallest absolute Gasteiger partial charge is 0.271 e. The van der Waals surface area contributed by atoms with Gasteiger partial charge in [-0.3, -0.25) is 4.79 Å². The van der Waals surface area contributed by atoms with E-state index in [-0.39, 0.29) is 12.2 Å². The van der Waals surface area contributed by atoms with Crippen LogP contribution in [-0.2, 0) is 0 Å². The van der Waals surface area contributed by atoms with Crippen LogP contribution in [-0.4, -0.2) is 29.1 Å². The van der Waals surface area contributed by atoms with Crippen LogP contribution in [0.25, 0.3) is 0 Å². The number of alkyl halides is 1. The molecule has 0 aliphatic rings. The van der Waals surface area contributed by atoms with E-state index in [2.05, 4.69) is 20.7 Å². The second-order valence-electron chi connectivity index (χ2n) is 2.38. The average Bonchev–Trinajstić information content (AvgIpc) is 2.26. The summed E-state index contributed by atoms with van der Waals surface area (Å²) in [6.07, 6.45) is 2.56. The molecular formula is C7H10FN5O. The lowest BCUT2D eigenvalue weighted by Crippen LogP contribution is -2.26. The Balaban J connectivity index is 2.62. The summed E-state index contributed by atoms with van der Waals surface area (Å²) in [4.78, 5) is 18.7. The van der Waals surface area contributed by atoms with Crippen molar-refractivity contribution in [2.24, 2.45) is 5.84 Å². The summed E-state index contributed by atoms with van der Waals surface area (Å²) < 4.78 is 11.7. The van der Waals surface area contributed by atoms with E-state index in [1.165, 1.54) is 12.4 Å². The van der Waals surface area contributed by atoms with Crippen LogP contribution in [0.5, 0.6) is 0 Å². The van der Waals surface area contributed by atoms with Crippen molar-refractivity contribution in [3.8, 4) is 0 Å². The van der Waals surface area contributed by atoms with Gasteiger partial charge in [0.2, 0.25) is 0 Å². The van der Waals surface area contributed by atoms with Crippen molar-refractivity contribution in [3.63, 3.8) is 0 Å². The third-order valence-corrected chi connectivity index (χ3v) is 1.41. The van der Waals surface area contributed by atoms with Gasteiger partial charge in [-0.15, -0.1) is 0 Å². The average molecular weight is 199 g/mol. The van der Waals surface area contributed by atoms with Gasteiger partial charge in [0.25, 0.3) is 5.91 Å². The predicted molar refractivity (Wildman–Crippen MR) is 48.2 cm³/mol. The van der Waals surface area contributed by atoms with E-state index in [1.807, 2.05) is 0 Å². The number of nitrogen functional groups attached to an aromatic ring is 1. The minimum atomic E-state index is -0.610. The predicted octanol–water partition coefficient (Wildman–Crippen LogP) is -0.538. The Bertz CT molecular complexity index is 301. The maximum Gasteiger partial charge on any atom is 0.271 e. The van der Waals surface area contributed by atoms with Crippen LogP contribution in [0.1, 0.15) is 10.5 Å². The molecular weight excluding hydrogens is 189 g/mol. The SMILES string of the molecule is NNc1cnc(C(=O)NCCF)cn1. The number of hydrazine groups is 1. The van der Waals surface area contributed by atoms with Crippen LogP contribution in [0.3, 0.4) is 0 Å². The third kappa shape index (κ3) is 2.63. The van der Waals surface area contributed by atoms with Gasteiger partial charge in [-0.2, -0.15) is 0 Å². The highest BCUT2D eigenvalue weighted by Crippen LogP contribution is 1.98. The third-order valence-electron chi connectivity index (χ3n) is 1.41. The molecule has 0 saturated heterocycles. The number of nitrogens with zero attached hydrogens (tertiary/aromatic N) is 2. The molecule has 14 heavy (non-hydrogen) atoms. The number of carbonyl (C=O) groups is 1. The van der Waals surface area contributed by atoms with Crippen molar-refractivity contribution in [2.45, 2.75) is 0 Å². The van der Waals surface area contributed by atoms with Gasteiger partial charge < -0.3 is 10.7 Å². The summed E-state index contributed by atoms with van der Waals surface area (Å²) in [6, 6.07) is 0. The molecule has 0 bridgehead atoms. The topological polar surface area (TPSA) is 92.9 Å². The van der Waals surface area contributed by atoms with Crippen molar-refractivity contribution in [1.29, 1.82) is 0 Å². The number of hydrogen-bond donors (Lipinski definition) is 3. The van der Waals surface area contributed by atoms with Crippen molar-refractivity contribution < 1.29 is 9.18 Å². The van der Waals surface area contributed by atoms with Crippen LogP contribution in [0.15, 0.2) is 12.4 Å². The van der Waals surface area contributed by atoms with E-state index >= 15 is 0 Å². The molecule has 7 heteroatoms. The largest absolute Gasteiger partial charge is 0.348 e. The van der Waals surface area contributed by atoms with Crippen molar-refractivity contribution in [2.75, 3.05) is 18.6 Å². The molecule has 4 N–H and O–H groups in total. The monoisotopic (exact) mass is 199 g/mol. The second kappa shape index (κ2) is 5.07. The van der Waals surface area contributed by atoms with E-state index in [9.17, 15) is 9.18 Å². The van der Waals surface area contributed by atoms with E-state index in [4.69, 9.17) is 5.84 Å². The standard InChI is InChI=1S/C7H10FN5O/c8-1-2-10-7(14)5-3-12-6(13-9)4-11-5/h3-4H,1-2,9H2,(H,10,14)(H,12,13).